The number of rotatable bonds is 3. The molecule has 2 amide bonds. The second kappa shape index (κ2) is 7.95. The van der Waals surface area contributed by atoms with Gasteiger partial charge in [0.2, 0.25) is 0 Å². The monoisotopic (exact) mass is 384 g/mol. The van der Waals surface area contributed by atoms with Crippen LogP contribution in [0, 0.1) is 6.92 Å². The predicted octanol–water partition coefficient (Wildman–Crippen LogP) is 5.01. The van der Waals surface area contributed by atoms with Gasteiger partial charge in [-0.05, 0) is 48.2 Å². The molecule has 0 aliphatic carbocycles. The van der Waals surface area contributed by atoms with E-state index in [-0.39, 0.29) is 23.4 Å². The molecule has 144 valence electrons. The van der Waals surface area contributed by atoms with Crippen molar-refractivity contribution >= 4 is 23.5 Å². The van der Waals surface area contributed by atoms with Crippen LogP contribution in [-0.2, 0) is 6.42 Å². The Hall–Kier alpha value is -1.98. The molecule has 0 fully saturated rings. The normalized spacial score (nSPS) is 16.8. The molecular weight excluding hydrogens is 356 g/mol. The molecule has 0 saturated heterocycles. The van der Waals surface area contributed by atoms with Gasteiger partial charge in [0.1, 0.15) is 0 Å². The van der Waals surface area contributed by atoms with Gasteiger partial charge < -0.3 is 15.3 Å². The van der Waals surface area contributed by atoms with Crippen LogP contribution in [0.4, 0.5) is 10.5 Å². The number of benzene rings is 2. The van der Waals surface area contributed by atoms with E-state index in [0.717, 1.165) is 23.2 Å². The number of anilines is 1. The van der Waals surface area contributed by atoms with E-state index in [0.29, 0.717) is 6.54 Å². The number of carbonyl (C=O) groups excluding carboxylic acids is 1. The molecule has 2 aromatic carbocycles. The SMILES string of the molecule is Cc1cc(SC(C)(C)C)ccc1NC(=O)N1CCc2ccccc2C1CO. The van der Waals surface area contributed by atoms with Gasteiger partial charge in [-0.3, -0.25) is 0 Å². The maximum absolute atomic E-state index is 12.9. The molecule has 27 heavy (non-hydrogen) atoms. The lowest BCUT2D eigenvalue weighted by Gasteiger charge is -2.36. The molecule has 1 heterocycles. The van der Waals surface area contributed by atoms with Crippen LogP contribution in [0.1, 0.15) is 43.5 Å². The number of thioether (sulfide) groups is 1. The summed E-state index contributed by atoms with van der Waals surface area (Å²) >= 11 is 1.81. The van der Waals surface area contributed by atoms with Crippen LogP contribution in [0.5, 0.6) is 0 Å². The highest BCUT2D eigenvalue weighted by Gasteiger charge is 2.30. The second-order valence-electron chi connectivity index (χ2n) is 7.96. The largest absolute Gasteiger partial charge is 0.394 e. The van der Waals surface area contributed by atoms with Crippen molar-refractivity contribution in [2.75, 3.05) is 18.5 Å². The minimum atomic E-state index is -0.300. The fourth-order valence-electron chi connectivity index (χ4n) is 3.47. The molecular formula is C22H28N2O2S. The number of fused-ring (bicyclic) bond motifs is 1. The molecule has 1 atom stereocenters. The molecule has 4 nitrogen and oxygen atoms in total. The first-order valence-corrected chi connectivity index (χ1v) is 10.2. The Balaban J connectivity index is 1.75. The lowest BCUT2D eigenvalue weighted by molar-refractivity contribution is 0.135. The van der Waals surface area contributed by atoms with Crippen molar-refractivity contribution in [2.45, 2.75) is 49.8 Å². The minimum absolute atomic E-state index is 0.0788. The van der Waals surface area contributed by atoms with Gasteiger partial charge in [0, 0.05) is 21.9 Å². The first kappa shape index (κ1) is 19.8. The Labute approximate surface area is 166 Å². The number of carbonyl (C=O) groups is 1. The maximum atomic E-state index is 12.9. The number of urea groups is 1. The summed E-state index contributed by atoms with van der Waals surface area (Å²) in [6.07, 6.45) is 0.806. The summed E-state index contributed by atoms with van der Waals surface area (Å²) in [5, 5.41) is 12.9. The van der Waals surface area contributed by atoms with Gasteiger partial charge in [0.25, 0.3) is 0 Å². The summed E-state index contributed by atoms with van der Waals surface area (Å²) in [7, 11) is 0. The zero-order chi connectivity index (χ0) is 19.6. The number of hydrogen-bond acceptors (Lipinski definition) is 3. The van der Waals surface area contributed by atoms with Crippen molar-refractivity contribution in [1.82, 2.24) is 4.90 Å². The van der Waals surface area contributed by atoms with Crippen LogP contribution in [0.25, 0.3) is 0 Å². The summed E-state index contributed by atoms with van der Waals surface area (Å²) in [5.41, 5.74) is 4.10. The molecule has 2 aromatic rings. The van der Waals surface area contributed by atoms with E-state index < -0.39 is 0 Å². The first-order valence-electron chi connectivity index (χ1n) is 9.34. The number of aliphatic hydroxyl groups is 1. The van der Waals surface area contributed by atoms with Crippen molar-refractivity contribution in [1.29, 1.82) is 0 Å². The van der Waals surface area contributed by atoms with Gasteiger partial charge in [-0.15, -0.1) is 11.8 Å². The number of amides is 2. The summed E-state index contributed by atoms with van der Waals surface area (Å²) < 4.78 is 0.146. The van der Waals surface area contributed by atoms with Crippen molar-refractivity contribution in [3.8, 4) is 0 Å². The molecule has 0 spiro atoms. The van der Waals surface area contributed by atoms with Gasteiger partial charge in [-0.1, -0.05) is 45.0 Å². The van der Waals surface area contributed by atoms with Crippen LogP contribution >= 0.6 is 11.8 Å². The van der Waals surface area contributed by atoms with Gasteiger partial charge in [0.15, 0.2) is 0 Å². The second-order valence-corrected chi connectivity index (χ2v) is 9.86. The number of hydrogen-bond donors (Lipinski definition) is 2. The lowest BCUT2D eigenvalue weighted by Crippen LogP contribution is -2.43. The van der Waals surface area contributed by atoms with Gasteiger partial charge in [0.05, 0.1) is 12.6 Å². The number of nitrogens with zero attached hydrogens (tertiary/aromatic N) is 1. The van der Waals surface area contributed by atoms with E-state index in [9.17, 15) is 9.90 Å². The highest BCUT2D eigenvalue weighted by Crippen LogP contribution is 2.34. The average Bonchev–Trinajstić information content (AvgIpc) is 2.61. The number of nitrogens with one attached hydrogen (secondary N) is 1. The Morgan fingerprint density at radius 3 is 2.67 bits per heavy atom. The third-order valence-electron chi connectivity index (χ3n) is 4.71. The van der Waals surface area contributed by atoms with E-state index in [4.69, 9.17) is 0 Å². The fourth-order valence-corrected chi connectivity index (χ4v) is 4.55. The summed E-state index contributed by atoms with van der Waals surface area (Å²) in [6.45, 7) is 9.09. The van der Waals surface area contributed by atoms with E-state index in [2.05, 4.69) is 38.2 Å². The maximum Gasteiger partial charge on any atom is 0.322 e. The minimum Gasteiger partial charge on any atom is -0.394 e. The Morgan fingerprint density at radius 2 is 2.00 bits per heavy atom. The van der Waals surface area contributed by atoms with Gasteiger partial charge in [-0.2, -0.15) is 0 Å². The molecule has 0 radical (unpaired) electrons. The van der Waals surface area contributed by atoms with E-state index in [1.165, 1.54) is 10.5 Å². The zero-order valence-corrected chi connectivity index (χ0v) is 17.3. The summed E-state index contributed by atoms with van der Waals surface area (Å²) in [6, 6.07) is 13.7. The summed E-state index contributed by atoms with van der Waals surface area (Å²) in [4.78, 5) is 15.8. The van der Waals surface area contributed by atoms with Gasteiger partial charge >= 0.3 is 6.03 Å². The molecule has 0 saturated carbocycles. The van der Waals surface area contributed by atoms with Crippen LogP contribution in [-0.4, -0.2) is 33.9 Å². The standard InChI is InChI=1S/C22H28N2O2S/c1-15-13-17(27-22(2,3)4)9-10-19(15)23-21(26)24-12-11-16-7-5-6-8-18(16)20(24)14-25/h5-10,13,20,25H,11-12,14H2,1-4H3,(H,23,26). The van der Waals surface area contributed by atoms with Crippen molar-refractivity contribution in [3.05, 3.63) is 59.2 Å². The van der Waals surface area contributed by atoms with Crippen molar-refractivity contribution in [3.63, 3.8) is 0 Å². The third-order valence-corrected chi connectivity index (χ3v) is 5.81. The van der Waals surface area contributed by atoms with Crippen molar-refractivity contribution in [2.24, 2.45) is 0 Å². The number of aliphatic hydroxyl groups excluding tert-OH is 1. The van der Waals surface area contributed by atoms with Gasteiger partial charge in [-0.25, -0.2) is 4.79 Å². The van der Waals surface area contributed by atoms with Crippen LogP contribution < -0.4 is 5.32 Å². The predicted molar refractivity (Wildman–Crippen MR) is 112 cm³/mol. The van der Waals surface area contributed by atoms with Crippen molar-refractivity contribution < 1.29 is 9.90 Å². The average molecular weight is 385 g/mol. The first-order chi connectivity index (χ1) is 12.8. The molecule has 1 aliphatic heterocycles. The Kier molecular flexibility index (Phi) is 5.82. The van der Waals surface area contributed by atoms with E-state index in [1.54, 1.807) is 4.90 Å². The Bertz CT molecular complexity index is 829. The fraction of sp³-hybridized carbons (Fsp3) is 0.409. The highest BCUT2D eigenvalue weighted by molar-refractivity contribution is 8.00. The molecule has 3 rings (SSSR count). The number of aryl methyl sites for hydroxylation is 1. The van der Waals surface area contributed by atoms with Crippen LogP contribution in [0.15, 0.2) is 47.4 Å². The molecule has 2 N–H and O–H groups in total. The molecule has 0 aromatic heterocycles. The molecule has 0 bridgehead atoms. The quantitative estimate of drug-likeness (QED) is 0.732. The van der Waals surface area contributed by atoms with E-state index in [1.807, 2.05) is 49.0 Å². The van der Waals surface area contributed by atoms with E-state index >= 15 is 0 Å². The summed E-state index contributed by atoms with van der Waals surface area (Å²) in [5.74, 6) is 0. The topological polar surface area (TPSA) is 52.6 Å². The molecule has 1 aliphatic rings. The lowest BCUT2D eigenvalue weighted by atomic mass is 9.93. The van der Waals surface area contributed by atoms with Crippen LogP contribution in [0.3, 0.4) is 0 Å². The highest BCUT2D eigenvalue weighted by atomic mass is 32.2. The molecule has 5 heteroatoms. The Morgan fingerprint density at radius 1 is 1.26 bits per heavy atom. The molecule has 1 unspecified atom stereocenters. The zero-order valence-electron chi connectivity index (χ0n) is 16.5. The third kappa shape index (κ3) is 4.66. The van der Waals surface area contributed by atoms with Crippen LogP contribution in [0.2, 0.25) is 0 Å². The smallest absolute Gasteiger partial charge is 0.322 e.